The summed E-state index contributed by atoms with van der Waals surface area (Å²) in [5.74, 6) is 2.23. The number of benzene rings is 2. The molecule has 2 aromatic heterocycles. The van der Waals surface area contributed by atoms with Crippen molar-refractivity contribution in [1.29, 1.82) is 0 Å². The molecule has 0 amide bonds. The zero-order chi connectivity index (χ0) is 21.4. The Morgan fingerprint density at radius 3 is 2.61 bits per heavy atom. The Bertz CT molecular complexity index is 1260. The van der Waals surface area contributed by atoms with Crippen LogP contribution in [-0.4, -0.2) is 32.5 Å². The molecular weight excluding hydrogens is 432 g/mol. The van der Waals surface area contributed by atoms with Crippen molar-refractivity contribution in [3.05, 3.63) is 82.1 Å². The lowest BCUT2D eigenvalue weighted by molar-refractivity contribution is 0.0962. The number of ether oxygens (including phenoxy) is 1. The van der Waals surface area contributed by atoms with Crippen molar-refractivity contribution >= 4 is 34.9 Å². The highest BCUT2D eigenvalue weighted by molar-refractivity contribution is 7.98. The monoisotopic (exact) mass is 450 g/mol. The fourth-order valence-corrected chi connectivity index (χ4v) is 4.67. The molecule has 0 radical (unpaired) electrons. The number of carbonyl (C=O) groups excluding carboxylic acids is 1. The number of hydrogen-bond donors (Lipinski definition) is 0. The van der Waals surface area contributed by atoms with Crippen LogP contribution in [0.4, 0.5) is 0 Å². The number of rotatable bonds is 5. The Morgan fingerprint density at radius 1 is 1.10 bits per heavy atom. The molecular formula is C23H19ClN4O2S. The summed E-state index contributed by atoms with van der Waals surface area (Å²) in [6, 6.07) is 15.6. The Labute approximate surface area is 188 Å². The fourth-order valence-electron chi connectivity index (χ4n) is 3.77. The lowest BCUT2D eigenvalue weighted by atomic mass is 9.82. The maximum Gasteiger partial charge on any atom is 0.253 e. The number of halogens is 1. The van der Waals surface area contributed by atoms with Crippen molar-refractivity contribution in [2.24, 2.45) is 0 Å². The van der Waals surface area contributed by atoms with Crippen LogP contribution in [0.2, 0.25) is 5.02 Å². The number of thioether (sulfide) groups is 1. The minimum atomic E-state index is 0.0855. The molecule has 2 aromatic carbocycles. The highest BCUT2D eigenvalue weighted by Gasteiger charge is 2.28. The molecule has 0 N–H and O–H groups in total. The molecule has 0 unspecified atom stereocenters. The van der Waals surface area contributed by atoms with Gasteiger partial charge in [-0.1, -0.05) is 47.6 Å². The number of fused-ring (bicyclic) bond motifs is 2. The van der Waals surface area contributed by atoms with Crippen molar-refractivity contribution < 1.29 is 9.53 Å². The SMILES string of the molecule is COc1ccc([C@@H]2CC(=O)c3cn4nc(SCc5ccc(Cl)cc5)nc4nc3C2)cc1. The van der Waals surface area contributed by atoms with Crippen LogP contribution in [0.15, 0.2) is 59.9 Å². The first-order chi connectivity index (χ1) is 15.1. The van der Waals surface area contributed by atoms with E-state index in [1.54, 1.807) is 17.8 Å². The van der Waals surface area contributed by atoms with Crippen LogP contribution in [0.5, 0.6) is 5.75 Å². The van der Waals surface area contributed by atoms with Crippen molar-refractivity contribution in [2.75, 3.05) is 7.11 Å². The summed E-state index contributed by atoms with van der Waals surface area (Å²) in [5.41, 5.74) is 3.67. The van der Waals surface area contributed by atoms with Crippen LogP contribution in [0, 0.1) is 0 Å². The van der Waals surface area contributed by atoms with Crippen LogP contribution in [-0.2, 0) is 12.2 Å². The molecule has 0 bridgehead atoms. The summed E-state index contributed by atoms with van der Waals surface area (Å²) in [4.78, 5) is 22.1. The molecule has 0 saturated heterocycles. The third-order valence-corrected chi connectivity index (χ3v) is 6.59. The van der Waals surface area contributed by atoms with E-state index in [0.29, 0.717) is 34.4 Å². The van der Waals surface area contributed by atoms with Crippen LogP contribution < -0.4 is 4.74 Å². The molecule has 8 heteroatoms. The summed E-state index contributed by atoms with van der Waals surface area (Å²) >= 11 is 7.47. The number of aromatic nitrogens is 4. The maximum atomic E-state index is 12.8. The molecule has 6 nitrogen and oxygen atoms in total. The molecule has 1 atom stereocenters. The molecule has 0 aliphatic heterocycles. The van der Waals surface area contributed by atoms with Gasteiger partial charge in [0.25, 0.3) is 5.78 Å². The molecule has 156 valence electrons. The smallest absolute Gasteiger partial charge is 0.253 e. The summed E-state index contributed by atoms with van der Waals surface area (Å²) < 4.78 is 6.84. The number of Topliss-reactive ketones (excluding diaryl/α,β-unsaturated/α-hetero) is 1. The highest BCUT2D eigenvalue weighted by Crippen LogP contribution is 2.33. The topological polar surface area (TPSA) is 69.4 Å². The van der Waals surface area contributed by atoms with E-state index >= 15 is 0 Å². The van der Waals surface area contributed by atoms with Gasteiger partial charge in [0.2, 0.25) is 5.16 Å². The summed E-state index contributed by atoms with van der Waals surface area (Å²) in [7, 11) is 1.64. The average Bonchev–Trinajstić information content (AvgIpc) is 3.19. The molecule has 0 spiro atoms. The number of nitrogens with zero attached hydrogens (tertiary/aromatic N) is 4. The van der Waals surface area contributed by atoms with Gasteiger partial charge in [-0.25, -0.2) is 9.50 Å². The van der Waals surface area contributed by atoms with Gasteiger partial charge in [-0.05, 0) is 47.7 Å². The van der Waals surface area contributed by atoms with Gasteiger partial charge >= 0.3 is 0 Å². The molecule has 0 saturated carbocycles. The van der Waals surface area contributed by atoms with E-state index in [9.17, 15) is 4.79 Å². The molecule has 1 aliphatic rings. The number of methoxy groups -OCH3 is 1. The Balaban J connectivity index is 1.38. The predicted molar refractivity (Wildman–Crippen MR) is 120 cm³/mol. The second kappa shape index (κ2) is 8.32. The van der Waals surface area contributed by atoms with E-state index in [0.717, 1.165) is 28.3 Å². The number of carbonyl (C=O) groups is 1. The minimum Gasteiger partial charge on any atom is -0.497 e. The number of hydrogen-bond acceptors (Lipinski definition) is 6. The van der Waals surface area contributed by atoms with E-state index in [4.69, 9.17) is 16.3 Å². The molecule has 0 fully saturated rings. The van der Waals surface area contributed by atoms with Gasteiger partial charge < -0.3 is 4.74 Å². The van der Waals surface area contributed by atoms with Gasteiger partial charge in [-0.2, -0.15) is 4.98 Å². The van der Waals surface area contributed by atoms with Gasteiger partial charge in [0.1, 0.15) is 5.75 Å². The first-order valence-electron chi connectivity index (χ1n) is 9.90. The minimum absolute atomic E-state index is 0.0855. The molecule has 1 aliphatic carbocycles. The third-order valence-electron chi connectivity index (χ3n) is 5.43. The number of ketones is 1. The van der Waals surface area contributed by atoms with Crippen molar-refractivity contribution in [3.63, 3.8) is 0 Å². The van der Waals surface area contributed by atoms with E-state index in [1.165, 1.54) is 11.8 Å². The first-order valence-corrected chi connectivity index (χ1v) is 11.3. The fraction of sp³-hybridized carbons (Fsp3) is 0.217. The zero-order valence-electron chi connectivity index (χ0n) is 16.8. The summed E-state index contributed by atoms with van der Waals surface area (Å²) in [6.45, 7) is 0. The van der Waals surface area contributed by atoms with Crippen molar-refractivity contribution in [2.45, 2.75) is 29.7 Å². The summed E-state index contributed by atoms with van der Waals surface area (Å²) in [5, 5.41) is 5.84. The Hall–Kier alpha value is -2.90. The highest BCUT2D eigenvalue weighted by atomic mass is 35.5. The van der Waals surface area contributed by atoms with E-state index < -0.39 is 0 Å². The summed E-state index contributed by atoms with van der Waals surface area (Å²) in [6.07, 6.45) is 2.92. The lowest BCUT2D eigenvalue weighted by Gasteiger charge is -2.23. The Kier molecular flexibility index (Phi) is 5.38. The molecule has 5 rings (SSSR count). The first kappa shape index (κ1) is 20.0. The van der Waals surface area contributed by atoms with Crippen LogP contribution in [0.25, 0.3) is 5.78 Å². The van der Waals surface area contributed by atoms with E-state index in [2.05, 4.69) is 15.1 Å². The normalized spacial score (nSPS) is 15.8. The van der Waals surface area contributed by atoms with E-state index in [1.807, 2.05) is 48.5 Å². The van der Waals surface area contributed by atoms with E-state index in [-0.39, 0.29) is 11.7 Å². The van der Waals surface area contributed by atoms with Crippen LogP contribution in [0.1, 0.15) is 39.5 Å². The van der Waals surface area contributed by atoms with Gasteiger partial charge in [-0.3, -0.25) is 4.79 Å². The second-order valence-electron chi connectivity index (χ2n) is 7.46. The average molecular weight is 451 g/mol. The van der Waals surface area contributed by atoms with Crippen molar-refractivity contribution in [1.82, 2.24) is 19.6 Å². The van der Waals surface area contributed by atoms with Gasteiger partial charge in [0, 0.05) is 23.4 Å². The molecule has 2 heterocycles. The molecule has 4 aromatic rings. The predicted octanol–water partition coefficient (Wildman–Crippen LogP) is 4.99. The quantitative estimate of drug-likeness (QED) is 0.399. The van der Waals surface area contributed by atoms with Crippen LogP contribution in [0.3, 0.4) is 0 Å². The van der Waals surface area contributed by atoms with Crippen molar-refractivity contribution in [3.8, 4) is 5.75 Å². The zero-order valence-corrected chi connectivity index (χ0v) is 18.4. The standard InChI is InChI=1S/C23H19ClN4O2S/c1-30-18-8-4-15(5-9-18)16-10-20-19(21(29)11-16)12-28-22(25-20)26-23(27-28)31-13-14-2-6-17(24)7-3-14/h2-9,12,16H,10-11,13H2,1H3/t16-/m0/s1. The lowest BCUT2D eigenvalue weighted by Crippen LogP contribution is -2.21. The van der Waals surface area contributed by atoms with Gasteiger partial charge in [0.05, 0.1) is 18.4 Å². The Morgan fingerprint density at radius 2 is 1.87 bits per heavy atom. The largest absolute Gasteiger partial charge is 0.497 e. The molecule has 31 heavy (non-hydrogen) atoms. The van der Waals surface area contributed by atoms with Crippen LogP contribution >= 0.6 is 23.4 Å². The van der Waals surface area contributed by atoms with Gasteiger partial charge in [-0.15, -0.1) is 5.10 Å². The second-order valence-corrected chi connectivity index (χ2v) is 8.84. The van der Waals surface area contributed by atoms with Gasteiger partial charge in [0.15, 0.2) is 5.78 Å². The third kappa shape index (κ3) is 4.16. The maximum absolute atomic E-state index is 12.8.